The molecule has 1 aromatic heterocycles. The van der Waals surface area contributed by atoms with Gasteiger partial charge in [0.1, 0.15) is 22.9 Å². The zero-order valence-electron chi connectivity index (χ0n) is 13.1. The molecule has 7 heteroatoms. The Morgan fingerprint density at radius 3 is 2.59 bits per heavy atom. The molecule has 22 heavy (non-hydrogen) atoms. The van der Waals surface area contributed by atoms with E-state index < -0.39 is 10.0 Å². The quantitative estimate of drug-likeness (QED) is 0.824. The summed E-state index contributed by atoms with van der Waals surface area (Å²) in [6.45, 7) is 7.55. The molecule has 0 bridgehead atoms. The van der Waals surface area contributed by atoms with Crippen LogP contribution < -0.4 is 9.46 Å². The van der Waals surface area contributed by atoms with Crippen molar-refractivity contribution in [1.29, 1.82) is 0 Å². The van der Waals surface area contributed by atoms with Crippen LogP contribution in [0, 0.1) is 27.7 Å². The lowest BCUT2D eigenvalue weighted by Gasteiger charge is -2.11. The average molecular weight is 324 g/mol. The molecular formula is C15H20N2O4S. The number of sulfonamides is 1. The first-order valence-corrected chi connectivity index (χ1v) is 8.43. The van der Waals surface area contributed by atoms with Gasteiger partial charge in [0.2, 0.25) is 10.0 Å². The van der Waals surface area contributed by atoms with E-state index in [9.17, 15) is 8.42 Å². The van der Waals surface area contributed by atoms with Crippen LogP contribution in [0.2, 0.25) is 0 Å². The number of hydrogen-bond acceptors (Lipinski definition) is 5. The van der Waals surface area contributed by atoms with Gasteiger partial charge in [-0.1, -0.05) is 17.3 Å². The summed E-state index contributed by atoms with van der Waals surface area (Å²) in [5.74, 6) is 1.04. The summed E-state index contributed by atoms with van der Waals surface area (Å²) in [6, 6.07) is 5.78. The van der Waals surface area contributed by atoms with Crippen LogP contribution in [0.5, 0.6) is 5.75 Å². The number of aromatic nitrogens is 1. The molecule has 120 valence electrons. The Labute approximate surface area is 130 Å². The van der Waals surface area contributed by atoms with Crippen molar-refractivity contribution in [3.05, 3.63) is 40.8 Å². The lowest BCUT2D eigenvalue weighted by atomic mass is 10.1. The molecule has 0 aliphatic heterocycles. The zero-order chi connectivity index (χ0) is 16.3. The van der Waals surface area contributed by atoms with E-state index in [2.05, 4.69) is 9.88 Å². The fourth-order valence-electron chi connectivity index (χ4n) is 2.15. The van der Waals surface area contributed by atoms with Crippen LogP contribution in [0.25, 0.3) is 0 Å². The van der Waals surface area contributed by atoms with Gasteiger partial charge in [0.15, 0.2) is 5.76 Å². The van der Waals surface area contributed by atoms with Crippen molar-refractivity contribution in [2.45, 2.75) is 32.6 Å². The molecular weight excluding hydrogens is 304 g/mol. The largest absolute Gasteiger partial charge is 0.492 e. The molecule has 0 spiro atoms. The SMILES string of the molecule is Cc1cccc(OCCNS(=O)(=O)c2c(C)noc2C)c1C. The highest BCUT2D eigenvalue weighted by Gasteiger charge is 2.23. The Kier molecular flexibility index (Phi) is 4.87. The molecule has 0 amide bonds. The molecule has 2 rings (SSSR count). The zero-order valence-corrected chi connectivity index (χ0v) is 14.0. The molecule has 0 atom stereocenters. The van der Waals surface area contributed by atoms with Crippen LogP contribution in [0.1, 0.15) is 22.6 Å². The Balaban J connectivity index is 1.95. The van der Waals surface area contributed by atoms with E-state index in [0.29, 0.717) is 5.69 Å². The highest BCUT2D eigenvalue weighted by Crippen LogP contribution is 2.21. The van der Waals surface area contributed by atoms with E-state index in [-0.39, 0.29) is 23.8 Å². The number of benzene rings is 1. The maximum atomic E-state index is 12.2. The number of aryl methyl sites for hydroxylation is 3. The van der Waals surface area contributed by atoms with Crippen LogP contribution in [0.4, 0.5) is 0 Å². The summed E-state index contributed by atoms with van der Waals surface area (Å²) >= 11 is 0. The van der Waals surface area contributed by atoms with Gasteiger partial charge in [0.05, 0.1) is 0 Å². The standard InChI is InChI=1S/C15H20N2O4S/c1-10-6-5-7-14(11(10)2)20-9-8-16-22(18,19)15-12(3)17-21-13(15)4/h5-7,16H,8-9H2,1-4H3. The summed E-state index contributed by atoms with van der Waals surface area (Å²) in [5.41, 5.74) is 2.53. The molecule has 2 aromatic rings. The summed E-state index contributed by atoms with van der Waals surface area (Å²) in [4.78, 5) is 0.0965. The number of rotatable bonds is 6. The lowest BCUT2D eigenvalue weighted by Crippen LogP contribution is -2.29. The molecule has 6 nitrogen and oxygen atoms in total. The van der Waals surface area contributed by atoms with Gasteiger partial charge in [-0.05, 0) is 44.9 Å². The third kappa shape index (κ3) is 3.48. The van der Waals surface area contributed by atoms with Crippen molar-refractivity contribution in [2.75, 3.05) is 13.2 Å². The minimum Gasteiger partial charge on any atom is -0.492 e. The van der Waals surface area contributed by atoms with Crippen molar-refractivity contribution in [3.8, 4) is 5.75 Å². The predicted molar refractivity (Wildman–Crippen MR) is 82.6 cm³/mol. The maximum Gasteiger partial charge on any atom is 0.246 e. The van der Waals surface area contributed by atoms with Crippen molar-refractivity contribution >= 4 is 10.0 Å². The lowest BCUT2D eigenvalue weighted by molar-refractivity contribution is 0.320. The van der Waals surface area contributed by atoms with Crippen molar-refractivity contribution in [3.63, 3.8) is 0 Å². The van der Waals surface area contributed by atoms with E-state index in [0.717, 1.165) is 16.9 Å². The van der Waals surface area contributed by atoms with E-state index in [4.69, 9.17) is 9.26 Å². The highest BCUT2D eigenvalue weighted by molar-refractivity contribution is 7.89. The van der Waals surface area contributed by atoms with Gasteiger partial charge >= 0.3 is 0 Å². The summed E-state index contributed by atoms with van der Waals surface area (Å²) < 4.78 is 37.4. The van der Waals surface area contributed by atoms with E-state index in [1.165, 1.54) is 0 Å². The van der Waals surface area contributed by atoms with Gasteiger partial charge in [-0.3, -0.25) is 0 Å². The van der Waals surface area contributed by atoms with Gasteiger partial charge in [-0.2, -0.15) is 0 Å². The molecule has 1 N–H and O–H groups in total. The number of ether oxygens (including phenoxy) is 1. The fraction of sp³-hybridized carbons (Fsp3) is 0.400. The van der Waals surface area contributed by atoms with Crippen molar-refractivity contribution in [2.24, 2.45) is 0 Å². The van der Waals surface area contributed by atoms with Crippen molar-refractivity contribution in [1.82, 2.24) is 9.88 Å². The molecule has 0 aliphatic rings. The van der Waals surface area contributed by atoms with E-state index in [1.54, 1.807) is 13.8 Å². The highest BCUT2D eigenvalue weighted by atomic mass is 32.2. The first-order valence-electron chi connectivity index (χ1n) is 6.94. The minimum absolute atomic E-state index is 0.0965. The number of nitrogens with one attached hydrogen (secondary N) is 1. The van der Waals surface area contributed by atoms with Crippen LogP contribution in [0.15, 0.2) is 27.6 Å². The summed E-state index contributed by atoms with van der Waals surface area (Å²) in [7, 11) is -3.64. The molecule has 0 radical (unpaired) electrons. The van der Waals surface area contributed by atoms with Crippen LogP contribution in [0.3, 0.4) is 0 Å². The molecule has 0 aliphatic carbocycles. The Bertz CT molecular complexity index is 746. The summed E-state index contributed by atoms with van der Waals surface area (Å²) in [6.07, 6.45) is 0. The molecule has 0 saturated heterocycles. The third-order valence-electron chi connectivity index (χ3n) is 3.44. The molecule has 0 unspecified atom stereocenters. The fourth-order valence-corrected chi connectivity index (χ4v) is 3.49. The van der Waals surface area contributed by atoms with E-state index in [1.807, 2.05) is 32.0 Å². The number of nitrogens with zero attached hydrogens (tertiary/aromatic N) is 1. The molecule has 0 saturated carbocycles. The first kappa shape index (κ1) is 16.5. The van der Waals surface area contributed by atoms with Gasteiger partial charge in [-0.25, -0.2) is 13.1 Å². The van der Waals surface area contributed by atoms with Gasteiger partial charge in [0.25, 0.3) is 0 Å². The maximum absolute atomic E-state index is 12.2. The van der Waals surface area contributed by atoms with Crippen LogP contribution in [-0.4, -0.2) is 26.7 Å². The minimum atomic E-state index is -3.64. The monoisotopic (exact) mass is 324 g/mol. The smallest absolute Gasteiger partial charge is 0.246 e. The van der Waals surface area contributed by atoms with Gasteiger partial charge in [0, 0.05) is 6.54 Å². The van der Waals surface area contributed by atoms with Crippen LogP contribution >= 0.6 is 0 Å². The molecule has 1 heterocycles. The Hall–Kier alpha value is -1.86. The van der Waals surface area contributed by atoms with Gasteiger partial charge < -0.3 is 9.26 Å². The second kappa shape index (κ2) is 6.50. The summed E-state index contributed by atoms with van der Waals surface area (Å²) in [5, 5.41) is 3.65. The van der Waals surface area contributed by atoms with Crippen LogP contribution in [-0.2, 0) is 10.0 Å². The Morgan fingerprint density at radius 1 is 1.23 bits per heavy atom. The second-order valence-corrected chi connectivity index (χ2v) is 6.80. The predicted octanol–water partition coefficient (Wildman–Crippen LogP) is 2.27. The van der Waals surface area contributed by atoms with Gasteiger partial charge in [-0.15, -0.1) is 0 Å². The third-order valence-corrected chi connectivity index (χ3v) is 5.15. The first-order chi connectivity index (χ1) is 10.3. The van der Waals surface area contributed by atoms with Crippen molar-refractivity contribution < 1.29 is 17.7 Å². The average Bonchev–Trinajstić information content (AvgIpc) is 2.79. The normalized spacial score (nSPS) is 11.6. The van der Waals surface area contributed by atoms with E-state index >= 15 is 0 Å². The topological polar surface area (TPSA) is 81.4 Å². The number of hydrogen-bond donors (Lipinski definition) is 1. The second-order valence-electron chi connectivity index (χ2n) is 5.10. The molecule has 1 aromatic carbocycles. The molecule has 0 fully saturated rings. The Morgan fingerprint density at radius 2 is 1.95 bits per heavy atom.